The Kier molecular flexibility index (Phi) is 6.29. The topological polar surface area (TPSA) is 66.8 Å². The molecule has 0 aliphatic heterocycles. The van der Waals surface area contributed by atoms with E-state index in [0.717, 1.165) is 16.0 Å². The van der Waals surface area contributed by atoms with Gasteiger partial charge in [-0.1, -0.05) is 54.1 Å². The Morgan fingerprint density at radius 1 is 0.935 bits per heavy atom. The van der Waals surface area contributed by atoms with Crippen LogP contribution in [0.2, 0.25) is 0 Å². The first-order valence-corrected chi connectivity index (χ1v) is 9.19. The summed E-state index contributed by atoms with van der Waals surface area (Å²) in [7, 11) is 0. The SMILES string of the molecule is Cc1cccc(CN(C(=O)C(=O)O)c2ccc(-c3ccc(OC(F)(F)F)cc3)cc2)c1. The maximum absolute atomic E-state index is 12.3. The molecule has 31 heavy (non-hydrogen) atoms. The van der Waals surface area contributed by atoms with E-state index in [1.807, 2.05) is 25.1 Å². The maximum Gasteiger partial charge on any atom is 0.573 e. The van der Waals surface area contributed by atoms with Crippen molar-refractivity contribution in [3.63, 3.8) is 0 Å². The molecule has 0 bridgehead atoms. The van der Waals surface area contributed by atoms with Crippen molar-refractivity contribution in [1.82, 2.24) is 0 Å². The van der Waals surface area contributed by atoms with Crippen molar-refractivity contribution in [2.24, 2.45) is 0 Å². The number of nitrogens with zero attached hydrogens (tertiary/aromatic N) is 1. The average molecular weight is 429 g/mol. The highest BCUT2D eigenvalue weighted by Crippen LogP contribution is 2.28. The summed E-state index contributed by atoms with van der Waals surface area (Å²) in [5.74, 6) is -2.97. The van der Waals surface area contributed by atoms with Crippen molar-refractivity contribution in [3.8, 4) is 16.9 Å². The van der Waals surface area contributed by atoms with Crippen molar-refractivity contribution in [2.45, 2.75) is 19.8 Å². The lowest BCUT2D eigenvalue weighted by Gasteiger charge is -2.21. The molecule has 5 nitrogen and oxygen atoms in total. The van der Waals surface area contributed by atoms with Crippen LogP contribution in [0.3, 0.4) is 0 Å². The van der Waals surface area contributed by atoms with Crippen molar-refractivity contribution in [2.75, 3.05) is 4.90 Å². The lowest BCUT2D eigenvalue weighted by Crippen LogP contribution is -2.36. The van der Waals surface area contributed by atoms with Gasteiger partial charge in [0.1, 0.15) is 5.75 Å². The van der Waals surface area contributed by atoms with E-state index in [9.17, 15) is 27.9 Å². The van der Waals surface area contributed by atoms with Crippen molar-refractivity contribution < 1.29 is 32.6 Å². The molecule has 3 aromatic rings. The number of amides is 1. The van der Waals surface area contributed by atoms with E-state index in [-0.39, 0.29) is 12.3 Å². The number of hydrogen-bond acceptors (Lipinski definition) is 3. The van der Waals surface area contributed by atoms with Gasteiger partial charge in [0.2, 0.25) is 0 Å². The number of rotatable bonds is 5. The van der Waals surface area contributed by atoms with E-state index >= 15 is 0 Å². The average Bonchev–Trinajstić information content (AvgIpc) is 2.71. The molecule has 0 saturated carbocycles. The zero-order valence-electron chi connectivity index (χ0n) is 16.4. The second-order valence-corrected chi connectivity index (χ2v) is 6.80. The predicted molar refractivity (Wildman–Crippen MR) is 109 cm³/mol. The standard InChI is InChI=1S/C23H18F3NO4/c1-15-3-2-4-16(13-15)14-27(21(28)22(29)30)19-9-5-17(6-10-19)18-7-11-20(12-8-18)31-23(24,25)26/h2-13H,14H2,1H3,(H,29,30). The zero-order valence-corrected chi connectivity index (χ0v) is 16.4. The number of aryl methyl sites for hydroxylation is 1. The number of benzene rings is 3. The second-order valence-electron chi connectivity index (χ2n) is 6.80. The van der Waals surface area contributed by atoms with Crippen LogP contribution in [-0.4, -0.2) is 23.3 Å². The highest BCUT2D eigenvalue weighted by atomic mass is 19.4. The van der Waals surface area contributed by atoms with E-state index in [4.69, 9.17) is 0 Å². The van der Waals surface area contributed by atoms with Crippen LogP contribution in [0.5, 0.6) is 5.75 Å². The van der Waals surface area contributed by atoms with E-state index < -0.39 is 18.2 Å². The first kappa shape index (κ1) is 21.9. The predicted octanol–water partition coefficient (Wildman–Crippen LogP) is 5.18. The highest BCUT2D eigenvalue weighted by Gasteiger charge is 2.31. The van der Waals surface area contributed by atoms with Gasteiger partial charge >= 0.3 is 18.2 Å². The quantitative estimate of drug-likeness (QED) is 0.568. The van der Waals surface area contributed by atoms with Gasteiger partial charge in [-0.05, 0) is 47.9 Å². The molecule has 1 N–H and O–H groups in total. The van der Waals surface area contributed by atoms with Crippen molar-refractivity contribution in [3.05, 3.63) is 83.9 Å². The summed E-state index contributed by atoms with van der Waals surface area (Å²) in [4.78, 5) is 24.7. The molecular weight excluding hydrogens is 411 g/mol. The molecule has 8 heteroatoms. The molecule has 0 aliphatic rings. The molecular formula is C23H18F3NO4. The number of halogens is 3. The summed E-state index contributed by atoms with van der Waals surface area (Å²) < 4.78 is 40.7. The molecule has 0 aliphatic carbocycles. The Labute approximate surface area is 176 Å². The Morgan fingerprint density at radius 3 is 2.03 bits per heavy atom. The number of alkyl halides is 3. The molecule has 0 fully saturated rings. The summed E-state index contributed by atoms with van der Waals surface area (Å²) in [6.07, 6.45) is -4.76. The Balaban J connectivity index is 1.84. The van der Waals surface area contributed by atoms with Crippen molar-refractivity contribution in [1.29, 1.82) is 0 Å². The van der Waals surface area contributed by atoms with Gasteiger partial charge < -0.3 is 9.84 Å². The number of carboxylic acids is 1. The minimum absolute atomic E-state index is 0.0790. The molecule has 3 rings (SSSR count). The molecule has 0 unspecified atom stereocenters. The number of aliphatic carboxylic acids is 1. The number of ether oxygens (including phenoxy) is 1. The number of hydrogen-bond donors (Lipinski definition) is 1. The Morgan fingerprint density at radius 2 is 1.52 bits per heavy atom. The number of carbonyl (C=O) groups is 2. The van der Waals surface area contributed by atoms with Crippen LogP contribution in [-0.2, 0) is 16.1 Å². The fourth-order valence-electron chi connectivity index (χ4n) is 3.07. The van der Waals surface area contributed by atoms with Crippen LogP contribution in [0.25, 0.3) is 11.1 Å². The van der Waals surface area contributed by atoms with Crippen LogP contribution >= 0.6 is 0 Å². The first-order chi connectivity index (χ1) is 14.6. The number of carbonyl (C=O) groups excluding carboxylic acids is 1. The van der Waals surface area contributed by atoms with Crippen LogP contribution < -0.4 is 9.64 Å². The summed E-state index contributed by atoms with van der Waals surface area (Å²) in [5.41, 5.74) is 3.46. The van der Waals surface area contributed by atoms with Gasteiger partial charge in [0, 0.05) is 5.69 Å². The molecule has 3 aromatic carbocycles. The van der Waals surface area contributed by atoms with Gasteiger partial charge in [0.15, 0.2) is 0 Å². The van der Waals surface area contributed by atoms with Gasteiger partial charge in [-0.2, -0.15) is 0 Å². The van der Waals surface area contributed by atoms with E-state index in [2.05, 4.69) is 4.74 Å². The summed E-state index contributed by atoms with van der Waals surface area (Å²) in [5, 5.41) is 9.20. The van der Waals surface area contributed by atoms with E-state index in [0.29, 0.717) is 16.8 Å². The molecule has 0 radical (unpaired) electrons. The molecule has 0 heterocycles. The first-order valence-electron chi connectivity index (χ1n) is 9.19. The molecule has 1 amide bonds. The second kappa shape index (κ2) is 8.91. The molecule has 0 saturated heterocycles. The molecule has 0 spiro atoms. The van der Waals surface area contributed by atoms with E-state index in [1.54, 1.807) is 30.3 Å². The minimum atomic E-state index is -4.76. The van der Waals surface area contributed by atoms with Gasteiger partial charge in [-0.25, -0.2) is 4.79 Å². The molecule has 160 valence electrons. The van der Waals surface area contributed by atoms with Crippen LogP contribution in [0.4, 0.5) is 18.9 Å². The lowest BCUT2D eigenvalue weighted by molar-refractivity contribution is -0.274. The van der Waals surface area contributed by atoms with E-state index in [1.165, 1.54) is 24.3 Å². The monoisotopic (exact) mass is 429 g/mol. The normalized spacial score (nSPS) is 11.1. The molecule has 0 atom stereocenters. The van der Waals surface area contributed by atoms with Gasteiger partial charge in [0.25, 0.3) is 0 Å². The highest BCUT2D eigenvalue weighted by molar-refractivity contribution is 6.37. The molecule has 0 aromatic heterocycles. The van der Waals surface area contributed by atoms with Crippen LogP contribution in [0.1, 0.15) is 11.1 Å². The third kappa shape index (κ3) is 5.85. The van der Waals surface area contributed by atoms with Crippen LogP contribution in [0.15, 0.2) is 72.8 Å². The Bertz CT molecular complexity index is 1080. The summed E-state index contributed by atoms with van der Waals surface area (Å²) in [6, 6.07) is 19.2. The van der Waals surface area contributed by atoms with Gasteiger partial charge in [0.05, 0.1) is 6.54 Å². The number of carboxylic acid groups (broad SMARTS) is 1. The largest absolute Gasteiger partial charge is 0.573 e. The third-order valence-electron chi connectivity index (χ3n) is 4.45. The minimum Gasteiger partial charge on any atom is -0.474 e. The fraction of sp³-hybridized carbons (Fsp3) is 0.130. The van der Waals surface area contributed by atoms with Crippen molar-refractivity contribution >= 4 is 17.6 Å². The Hall–Kier alpha value is -3.81. The van der Waals surface area contributed by atoms with Gasteiger partial charge in [-0.3, -0.25) is 9.69 Å². The fourth-order valence-corrected chi connectivity index (χ4v) is 3.07. The third-order valence-corrected chi connectivity index (χ3v) is 4.45. The smallest absolute Gasteiger partial charge is 0.474 e. The lowest BCUT2D eigenvalue weighted by atomic mass is 10.0. The summed E-state index contributed by atoms with van der Waals surface area (Å²) >= 11 is 0. The summed E-state index contributed by atoms with van der Waals surface area (Å²) in [6.45, 7) is 1.97. The van der Waals surface area contributed by atoms with Crippen LogP contribution in [0, 0.1) is 6.92 Å². The zero-order chi connectivity index (χ0) is 22.6. The van der Waals surface area contributed by atoms with Gasteiger partial charge in [-0.15, -0.1) is 13.2 Å². The maximum atomic E-state index is 12.3. The number of anilines is 1.